The summed E-state index contributed by atoms with van der Waals surface area (Å²) in [6.07, 6.45) is -4.72. The van der Waals surface area contributed by atoms with Gasteiger partial charge in [0.1, 0.15) is 5.82 Å². The largest absolute Gasteiger partial charge is 0.419 e. The van der Waals surface area contributed by atoms with Gasteiger partial charge in [-0.1, -0.05) is 0 Å². The first-order valence-corrected chi connectivity index (χ1v) is 3.64. The number of benzene rings is 1. The van der Waals surface area contributed by atoms with Crippen molar-refractivity contribution >= 4 is 0 Å². The lowest BCUT2D eigenvalue weighted by Gasteiger charge is -2.09. The maximum atomic E-state index is 13.1. The third kappa shape index (κ3) is 1.69. The molecule has 1 aromatic rings. The molecule has 0 unspecified atom stereocenters. The highest BCUT2D eigenvalue weighted by atomic mass is 19.4. The fourth-order valence-electron chi connectivity index (χ4n) is 1.03. The molecule has 5 heteroatoms. The quantitative estimate of drug-likeness (QED) is 0.594. The first-order valence-electron chi connectivity index (χ1n) is 3.64. The molecule has 0 aliphatic rings. The summed E-state index contributed by atoms with van der Waals surface area (Å²) in [5, 5.41) is 8.44. The van der Waals surface area contributed by atoms with Crippen molar-refractivity contribution in [1.82, 2.24) is 0 Å². The van der Waals surface area contributed by atoms with Crippen LogP contribution in [0.3, 0.4) is 0 Å². The number of alkyl halides is 3. The van der Waals surface area contributed by atoms with Gasteiger partial charge in [0.25, 0.3) is 0 Å². The van der Waals surface area contributed by atoms with Gasteiger partial charge in [0, 0.05) is 5.56 Å². The average Bonchev–Trinajstić information content (AvgIpc) is 2.07. The van der Waals surface area contributed by atoms with E-state index in [9.17, 15) is 17.6 Å². The van der Waals surface area contributed by atoms with Gasteiger partial charge in [-0.05, 0) is 19.1 Å². The molecule has 14 heavy (non-hydrogen) atoms. The highest BCUT2D eigenvalue weighted by Gasteiger charge is 2.34. The Kier molecular flexibility index (Phi) is 2.47. The van der Waals surface area contributed by atoms with Gasteiger partial charge in [-0.15, -0.1) is 0 Å². The Hall–Kier alpha value is -1.57. The summed E-state index contributed by atoms with van der Waals surface area (Å²) in [5.74, 6) is -1.38. The van der Waals surface area contributed by atoms with E-state index in [-0.39, 0.29) is 11.1 Å². The second-order valence-corrected chi connectivity index (χ2v) is 2.71. The van der Waals surface area contributed by atoms with Crippen molar-refractivity contribution in [3.05, 3.63) is 34.6 Å². The zero-order valence-electron chi connectivity index (χ0n) is 7.11. The van der Waals surface area contributed by atoms with Crippen LogP contribution in [-0.4, -0.2) is 0 Å². The number of nitriles is 1. The van der Waals surface area contributed by atoms with Gasteiger partial charge in [-0.2, -0.15) is 18.4 Å². The summed E-state index contributed by atoms with van der Waals surface area (Å²) >= 11 is 0. The highest BCUT2D eigenvalue weighted by Crippen LogP contribution is 2.33. The van der Waals surface area contributed by atoms with E-state index in [1.807, 2.05) is 0 Å². The number of halogens is 4. The molecule has 0 spiro atoms. The summed E-state index contributed by atoms with van der Waals surface area (Å²) in [7, 11) is 0. The monoisotopic (exact) mass is 203 g/mol. The Labute approximate surface area is 77.6 Å². The van der Waals surface area contributed by atoms with Gasteiger partial charge in [0.2, 0.25) is 0 Å². The van der Waals surface area contributed by atoms with E-state index >= 15 is 0 Å². The third-order valence-corrected chi connectivity index (χ3v) is 1.81. The molecular formula is C9H5F4N. The Balaban J connectivity index is 3.41. The van der Waals surface area contributed by atoms with Crippen LogP contribution in [0.2, 0.25) is 0 Å². The van der Waals surface area contributed by atoms with Gasteiger partial charge in [0.05, 0.1) is 17.2 Å². The molecule has 0 fully saturated rings. The van der Waals surface area contributed by atoms with Crippen molar-refractivity contribution < 1.29 is 17.6 Å². The van der Waals surface area contributed by atoms with Gasteiger partial charge in [-0.3, -0.25) is 0 Å². The van der Waals surface area contributed by atoms with Crippen LogP contribution in [0.25, 0.3) is 0 Å². The zero-order chi connectivity index (χ0) is 10.9. The fraction of sp³-hybridized carbons (Fsp3) is 0.222. The minimum Gasteiger partial charge on any atom is -0.206 e. The highest BCUT2D eigenvalue weighted by molar-refractivity contribution is 5.41. The van der Waals surface area contributed by atoms with E-state index < -0.39 is 17.6 Å². The second kappa shape index (κ2) is 3.29. The molecule has 1 rings (SSSR count). The van der Waals surface area contributed by atoms with Crippen molar-refractivity contribution in [1.29, 1.82) is 5.26 Å². The van der Waals surface area contributed by atoms with E-state index in [2.05, 4.69) is 0 Å². The molecule has 0 saturated carbocycles. The van der Waals surface area contributed by atoms with E-state index in [1.165, 1.54) is 0 Å². The smallest absolute Gasteiger partial charge is 0.206 e. The molecule has 0 heterocycles. The fourth-order valence-corrected chi connectivity index (χ4v) is 1.03. The number of nitrogens with zero attached hydrogens (tertiary/aromatic N) is 1. The summed E-state index contributed by atoms with van der Waals surface area (Å²) in [4.78, 5) is 0. The van der Waals surface area contributed by atoms with Crippen LogP contribution in [0.4, 0.5) is 17.6 Å². The molecular weight excluding hydrogens is 198 g/mol. The number of rotatable bonds is 0. The number of hydrogen-bond donors (Lipinski definition) is 0. The lowest BCUT2D eigenvalue weighted by atomic mass is 10.0. The van der Waals surface area contributed by atoms with Gasteiger partial charge in [0.15, 0.2) is 0 Å². The van der Waals surface area contributed by atoms with Crippen molar-refractivity contribution in [2.75, 3.05) is 0 Å². The second-order valence-electron chi connectivity index (χ2n) is 2.71. The molecule has 1 aromatic carbocycles. The van der Waals surface area contributed by atoms with Gasteiger partial charge in [-0.25, -0.2) is 4.39 Å². The van der Waals surface area contributed by atoms with Crippen molar-refractivity contribution in [3.8, 4) is 6.07 Å². The Morgan fingerprint density at radius 1 is 1.29 bits per heavy atom. The average molecular weight is 203 g/mol. The van der Waals surface area contributed by atoms with Crippen LogP contribution in [0.15, 0.2) is 12.1 Å². The van der Waals surface area contributed by atoms with Crippen LogP contribution in [0.1, 0.15) is 16.7 Å². The summed E-state index contributed by atoms with van der Waals surface area (Å²) < 4.78 is 49.5. The van der Waals surface area contributed by atoms with E-state index in [4.69, 9.17) is 5.26 Å². The summed E-state index contributed by atoms with van der Waals surface area (Å²) in [6.45, 7) is 1.14. The Morgan fingerprint density at radius 2 is 1.86 bits per heavy atom. The lowest BCUT2D eigenvalue weighted by Crippen LogP contribution is -2.09. The van der Waals surface area contributed by atoms with E-state index in [0.29, 0.717) is 6.07 Å². The van der Waals surface area contributed by atoms with Crippen LogP contribution < -0.4 is 0 Å². The van der Waals surface area contributed by atoms with E-state index in [1.54, 1.807) is 6.07 Å². The molecule has 0 amide bonds. The predicted molar refractivity (Wildman–Crippen MR) is 40.9 cm³/mol. The molecule has 0 saturated heterocycles. The molecule has 0 aliphatic heterocycles. The first kappa shape index (κ1) is 10.5. The standard InChI is InChI=1S/C9H5F4N/c1-5-6(4-14)2-3-7(8(5)10)9(11,12)13/h2-3H,1H3. The van der Waals surface area contributed by atoms with Crippen LogP contribution in [0.5, 0.6) is 0 Å². The molecule has 74 valence electrons. The summed E-state index contributed by atoms with van der Waals surface area (Å²) in [5.41, 5.74) is -1.70. The molecule has 0 aliphatic carbocycles. The van der Waals surface area contributed by atoms with Gasteiger partial charge >= 0.3 is 6.18 Å². The minimum atomic E-state index is -4.72. The molecule has 0 bridgehead atoms. The molecule has 1 nitrogen and oxygen atoms in total. The lowest BCUT2D eigenvalue weighted by molar-refractivity contribution is -0.140. The Bertz CT molecular complexity index is 400. The third-order valence-electron chi connectivity index (χ3n) is 1.81. The van der Waals surface area contributed by atoms with Crippen molar-refractivity contribution in [2.24, 2.45) is 0 Å². The SMILES string of the molecule is Cc1c(C#N)ccc(C(F)(F)F)c1F. The topological polar surface area (TPSA) is 23.8 Å². The normalized spacial score (nSPS) is 11.1. The molecule has 0 atom stereocenters. The molecule has 0 N–H and O–H groups in total. The first-order chi connectivity index (χ1) is 6.38. The molecule has 0 aromatic heterocycles. The minimum absolute atomic E-state index is 0.0875. The predicted octanol–water partition coefficient (Wildman–Crippen LogP) is 3.02. The Morgan fingerprint density at radius 3 is 2.29 bits per heavy atom. The van der Waals surface area contributed by atoms with Crippen molar-refractivity contribution in [2.45, 2.75) is 13.1 Å². The van der Waals surface area contributed by atoms with Crippen LogP contribution in [-0.2, 0) is 6.18 Å². The maximum Gasteiger partial charge on any atom is 0.419 e. The van der Waals surface area contributed by atoms with Crippen LogP contribution >= 0.6 is 0 Å². The number of hydrogen-bond acceptors (Lipinski definition) is 1. The van der Waals surface area contributed by atoms with Crippen molar-refractivity contribution in [3.63, 3.8) is 0 Å². The zero-order valence-corrected chi connectivity index (χ0v) is 7.11. The summed E-state index contributed by atoms with van der Waals surface area (Å²) in [6, 6.07) is 3.14. The molecule has 0 radical (unpaired) electrons. The van der Waals surface area contributed by atoms with Crippen LogP contribution in [0, 0.1) is 24.1 Å². The van der Waals surface area contributed by atoms with E-state index in [0.717, 1.165) is 13.0 Å². The maximum absolute atomic E-state index is 13.1. The van der Waals surface area contributed by atoms with Gasteiger partial charge < -0.3 is 0 Å².